The number of tetrazole rings is 1. The van der Waals surface area contributed by atoms with Crippen molar-refractivity contribution >= 4 is 10.9 Å². The van der Waals surface area contributed by atoms with E-state index in [2.05, 4.69) is 61.4 Å². The molecule has 8 nitrogen and oxygen atoms in total. The molecule has 0 saturated carbocycles. The number of benzene rings is 2. The number of fused-ring (bicyclic) bond motifs is 1. The average molecular weight is 454 g/mol. The highest BCUT2D eigenvalue weighted by molar-refractivity contribution is 5.85. The van der Waals surface area contributed by atoms with Gasteiger partial charge < -0.3 is 9.67 Å². The fraction of sp³-hybridized carbons (Fsp3) is 0.269. The van der Waals surface area contributed by atoms with Gasteiger partial charge in [-0.1, -0.05) is 56.2 Å². The van der Waals surface area contributed by atoms with Crippen LogP contribution in [0.3, 0.4) is 0 Å². The standard InChI is InChI=1S/C26H27N7O/c1-2-3-4-9-25-27-15-20(17-34)33(25)16-18-10-12-23-19(14-18)11-13-24(28-23)21-7-5-6-8-22(21)26-29-31-32-30-26/h5-8,10-15,34H,2-4,9,16-17H2,1H3,(H,29,30,31,32). The number of imidazole rings is 1. The monoisotopic (exact) mass is 453 g/mol. The van der Waals surface area contributed by atoms with Crippen LogP contribution in [0.4, 0.5) is 0 Å². The molecule has 172 valence electrons. The molecule has 0 amide bonds. The van der Waals surface area contributed by atoms with Gasteiger partial charge in [0.25, 0.3) is 0 Å². The second-order valence-corrected chi connectivity index (χ2v) is 8.37. The van der Waals surface area contributed by atoms with Crippen LogP contribution < -0.4 is 0 Å². The topological polar surface area (TPSA) is 105 Å². The van der Waals surface area contributed by atoms with E-state index in [0.29, 0.717) is 12.4 Å². The number of aromatic amines is 1. The second-order valence-electron chi connectivity index (χ2n) is 8.37. The van der Waals surface area contributed by atoms with Gasteiger partial charge in [-0.25, -0.2) is 9.97 Å². The summed E-state index contributed by atoms with van der Waals surface area (Å²) in [6, 6.07) is 18.4. The minimum atomic E-state index is -0.0148. The van der Waals surface area contributed by atoms with Gasteiger partial charge in [-0.05, 0) is 35.4 Å². The van der Waals surface area contributed by atoms with E-state index in [1.54, 1.807) is 6.20 Å². The summed E-state index contributed by atoms with van der Waals surface area (Å²) in [5.74, 6) is 1.58. The van der Waals surface area contributed by atoms with Crippen molar-refractivity contribution in [1.82, 2.24) is 35.2 Å². The Labute approximate surface area is 197 Å². The van der Waals surface area contributed by atoms with Crippen molar-refractivity contribution in [3.05, 3.63) is 77.9 Å². The second kappa shape index (κ2) is 9.93. The van der Waals surface area contributed by atoms with Crippen molar-refractivity contribution in [2.75, 3.05) is 0 Å². The molecule has 5 aromatic rings. The Kier molecular flexibility index (Phi) is 6.40. The number of rotatable bonds is 9. The largest absolute Gasteiger partial charge is 0.390 e. The molecule has 3 heterocycles. The van der Waals surface area contributed by atoms with Gasteiger partial charge in [-0.3, -0.25) is 0 Å². The molecule has 0 unspecified atom stereocenters. The Morgan fingerprint density at radius 2 is 1.88 bits per heavy atom. The number of nitrogens with zero attached hydrogens (tertiary/aromatic N) is 6. The summed E-state index contributed by atoms with van der Waals surface area (Å²) in [7, 11) is 0. The highest BCUT2D eigenvalue weighted by Crippen LogP contribution is 2.30. The van der Waals surface area contributed by atoms with E-state index < -0.39 is 0 Å². The van der Waals surface area contributed by atoms with Gasteiger partial charge >= 0.3 is 0 Å². The summed E-state index contributed by atoms with van der Waals surface area (Å²) < 4.78 is 2.14. The predicted molar refractivity (Wildman–Crippen MR) is 131 cm³/mol. The molecule has 0 aliphatic rings. The third-order valence-corrected chi connectivity index (χ3v) is 6.07. The van der Waals surface area contributed by atoms with Gasteiger partial charge in [0.05, 0.1) is 29.7 Å². The number of aliphatic hydroxyl groups is 1. The molecule has 0 aliphatic heterocycles. The molecule has 0 bridgehead atoms. The van der Waals surface area contributed by atoms with E-state index in [-0.39, 0.29) is 6.61 Å². The van der Waals surface area contributed by atoms with Crippen LogP contribution >= 0.6 is 0 Å². The normalized spacial score (nSPS) is 11.4. The lowest BCUT2D eigenvalue weighted by Crippen LogP contribution is -2.09. The highest BCUT2D eigenvalue weighted by atomic mass is 16.3. The van der Waals surface area contributed by atoms with E-state index in [9.17, 15) is 5.11 Å². The van der Waals surface area contributed by atoms with Gasteiger partial charge in [-0.15, -0.1) is 10.2 Å². The number of nitrogens with one attached hydrogen (secondary N) is 1. The maximum Gasteiger partial charge on any atom is 0.205 e. The fourth-order valence-electron chi connectivity index (χ4n) is 4.29. The molecule has 0 atom stereocenters. The molecule has 3 aromatic heterocycles. The number of aliphatic hydroxyl groups excluding tert-OH is 1. The van der Waals surface area contributed by atoms with E-state index >= 15 is 0 Å². The first-order valence-corrected chi connectivity index (χ1v) is 11.6. The zero-order valence-electron chi connectivity index (χ0n) is 19.1. The van der Waals surface area contributed by atoms with E-state index in [1.807, 2.05) is 30.3 Å². The maximum absolute atomic E-state index is 9.80. The Hall–Kier alpha value is -3.91. The van der Waals surface area contributed by atoms with Crippen LogP contribution in [0.2, 0.25) is 0 Å². The number of aryl methyl sites for hydroxylation is 1. The lowest BCUT2D eigenvalue weighted by molar-refractivity contribution is 0.271. The van der Waals surface area contributed by atoms with Gasteiger partial charge in [0.1, 0.15) is 5.82 Å². The van der Waals surface area contributed by atoms with Crippen molar-refractivity contribution < 1.29 is 5.11 Å². The Morgan fingerprint density at radius 3 is 2.68 bits per heavy atom. The van der Waals surface area contributed by atoms with Crippen LogP contribution in [0.5, 0.6) is 0 Å². The minimum absolute atomic E-state index is 0.0148. The first-order valence-electron chi connectivity index (χ1n) is 11.6. The van der Waals surface area contributed by atoms with Crippen molar-refractivity contribution in [3.63, 3.8) is 0 Å². The van der Waals surface area contributed by atoms with Crippen LogP contribution in [0.1, 0.15) is 43.3 Å². The van der Waals surface area contributed by atoms with Gasteiger partial charge in [0.2, 0.25) is 5.82 Å². The van der Waals surface area contributed by atoms with E-state index in [4.69, 9.17) is 4.98 Å². The molecular formula is C26H27N7O. The molecule has 2 aromatic carbocycles. The number of hydrogen-bond acceptors (Lipinski definition) is 6. The van der Waals surface area contributed by atoms with Crippen molar-refractivity contribution in [1.29, 1.82) is 0 Å². The molecule has 34 heavy (non-hydrogen) atoms. The van der Waals surface area contributed by atoms with Crippen molar-refractivity contribution in [2.24, 2.45) is 0 Å². The summed E-state index contributed by atoms with van der Waals surface area (Å²) in [5.41, 5.74) is 5.61. The average Bonchev–Trinajstić information content (AvgIpc) is 3.54. The molecule has 0 radical (unpaired) electrons. The summed E-state index contributed by atoms with van der Waals surface area (Å²) in [4.78, 5) is 9.48. The van der Waals surface area contributed by atoms with Crippen LogP contribution in [0.25, 0.3) is 33.5 Å². The highest BCUT2D eigenvalue weighted by Gasteiger charge is 2.13. The quantitative estimate of drug-likeness (QED) is 0.317. The Morgan fingerprint density at radius 1 is 1.00 bits per heavy atom. The lowest BCUT2D eigenvalue weighted by Gasteiger charge is -2.12. The van der Waals surface area contributed by atoms with Crippen LogP contribution in [-0.4, -0.2) is 40.3 Å². The summed E-state index contributed by atoms with van der Waals surface area (Å²) in [5, 5.41) is 25.3. The summed E-state index contributed by atoms with van der Waals surface area (Å²) in [6.07, 6.45) is 6.17. The summed E-state index contributed by atoms with van der Waals surface area (Å²) in [6.45, 7) is 2.86. The number of aromatic nitrogens is 7. The third-order valence-electron chi connectivity index (χ3n) is 6.07. The first-order chi connectivity index (χ1) is 16.8. The fourth-order valence-corrected chi connectivity index (χ4v) is 4.29. The van der Waals surface area contributed by atoms with Crippen LogP contribution in [0, 0.1) is 0 Å². The zero-order valence-corrected chi connectivity index (χ0v) is 19.1. The van der Waals surface area contributed by atoms with Gasteiger partial charge in [0, 0.05) is 29.5 Å². The van der Waals surface area contributed by atoms with Gasteiger partial charge in [0.15, 0.2) is 0 Å². The Balaban J connectivity index is 1.44. The van der Waals surface area contributed by atoms with E-state index in [0.717, 1.165) is 57.6 Å². The van der Waals surface area contributed by atoms with Crippen LogP contribution in [-0.2, 0) is 19.6 Å². The van der Waals surface area contributed by atoms with Gasteiger partial charge in [-0.2, -0.15) is 5.21 Å². The summed E-state index contributed by atoms with van der Waals surface area (Å²) >= 11 is 0. The molecular weight excluding hydrogens is 426 g/mol. The minimum Gasteiger partial charge on any atom is -0.390 e. The number of hydrogen-bond donors (Lipinski definition) is 2. The molecule has 5 rings (SSSR count). The van der Waals surface area contributed by atoms with E-state index in [1.165, 1.54) is 12.8 Å². The van der Waals surface area contributed by atoms with Crippen molar-refractivity contribution in [2.45, 2.75) is 45.8 Å². The molecule has 2 N–H and O–H groups in total. The van der Waals surface area contributed by atoms with Crippen LogP contribution in [0.15, 0.2) is 60.8 Å². The molecule has 0 aliphatic carbocycles. The third kappa shape index (κ3) is 4.45. The lowest BCUT2D eigenvalue weighted by atomic mass is 10.0. The number of H-pyrrole nitrogens is 1. The smallest absolute Gasteiger partial charge is 0.205 e. The zero-order chi connectivity index (χ0) is 23.3. The maximum atomic E-state index is 9.80. The SMILES string of the molecule is CCCCCc1ncc(CO)n1Cc1ccc2nc(-c3ccccc3-c3nn[nH]n3)ccc2c1. The predicted octanol–water partition coefficient (Wildman–Crippen LogP) is 4.55. The molecule has 0 fully saturated rings. The number of unbranched alkanes of at least 4 members (excludes halogenated alkanes) is 2. The molecule has 8 heteroatoms. The molecule has 0 saturated heterocycles. The van der Waals surface area contributed by atoms with Crippen molar-refractivity contribution in [3.8, 4) is 22.6 Å². The Bertz CT molecular complexity index is 1390. The first kappa shape index (κ1) is 21.9. The number of pyridine rings is 1. The molecule has 0 spiro atoms.